The number of imide groups is 1. The van der Waals surface area contributed by atoms with Gasteiger partial charge in [-0.3, -0.25) is 19.2 Å². The molecule has 0 aliphatic carbocycles. The third kappa shape index (κ3) is 4.48. The highest BCUT2D eigenvalue weighted by Gasteiger charge is 2.60. The van der Waals surface area contributed by atoms with E-state index in [1.54, 1.807) is 29.8 Å². The van der Waals surface area contributed by atoms with Crippen molar-refractivity contribution in [2.45, 2.75) is 36.2 Å². The lowest BCUT2D eigenvalue weighted by molar-refractivity contribution is -0.148. The molecule has 2 aromatic carbocycles. The Morgan fingerprint density at radius 2 is 1.67 bits per heavy atom. The zero-order chi connectivity index (χ0) is 28.1. The number of piperidine rings is 1. The number of amides is 4. The highest BCUT2D eigenvalue weighted by molar-refractivity contribution is 6.60. The van der Waals surface area contributed by atoms with E-state index >= 15 is 0 Å². The van der Waals surface area contributed by atoms with Crippen LogP contribution < -0.4 is 4.74 Å². The highest BCUT2D eigenvalue weighted by Crippen LogP contribution is 2.49. The first kappa shape index (κ1) is 27.2. The fourth-order valence-corrected chi connectivity index (χ4v) is 5.94. The van der Waals surface area contributed by atoms with Gasteiger partial charge in [0.2, 0.25) is 25.7 Å². The lowest BCUT2D eigenvalue weighted by Crippen LogP contribution is -2.70. The van der Waals surface area contributed by atoms with Gasteiger partial charge in [-0.1, -0.05) is 30.3 Å². The monoisotopic (exact) mass is 523 g/mol. The first-order valence-corrected chi connectivity index (χ1v) is 13.3. The lowest BCUT2D eigenvalue weighted by atomic mass is 9.34. The maximum absolute atomic E-state index is 13.6. The number of ether oxygens (including phenoxy) is 2. The van der Waals surface area contributed by atoms with E-state index in [-0.39, 0.29) is 36.8 Å². The average molecular weight is 523 g/mol. The summed E-state index contributed by atoms with van der Waals surface area (Å²) in [4.78, 5) is 56.5. The first-order chi connectivity index (χ1) is 18.5. The molecule has 4 amide bonds. The summed E-state index contributed by atoms with van der Waals surface area (Å²) >= 11 is 0. The molecule has 2 fully saturated rings. The summed E-state index contributed by atoms with van der Waals surface area (Å²) in [5, 5.41) is -0.812. The number of fused-ring (bicyclic) bond motifs is 1. The smallest absolute Gasteiger partial charge is 0.254 e. The van der Waals surface area contributed by atoms with Crippen molar-refractivity contribution in [1.29, 1.82) is 0 Å². The van der Waals surface area contributed by atoms with Gasteiger partial charge in [-0.25, -0.2) is 0 Å². The summed E-state index contributed by atoms with van der Waals surface area (Å²) in [6, 6.07) is 13.3. The Balaban J connectivity index is 1.31. The Morgan fingerprint density at radius 3 is 2.36 bits per heavy atom. The minimum Gasteiger partial charge on any atom is -0.489 e. The number of nitrogens with zero attached hydrogens (tertiary/aromatic N) is 3. The normalized spacial score (nSPS) is 24.7. The maximum atomic E-state index is 13.6. The van der Waals surface area contributed by atoms with Crippen LogP contribution in [0.25, 0.3) is 0 Å². The van der Waals surface area contributed by atoms with Crippen LogP contribution in [0.4, 0.5) is 0 Å². The minimum absolute atomic E-state index is 0.00447. The van der Waals surface area contributed by atoms with E-state index in [2.05, 4.69) is 0 Å². The molecule has 3 aliphatic heterocycles. The lowest BCUT2D eigenvalue weighted by Gasteiger charge is -2.54. The molecule has 3 heterocycles. The molecule has 0 N–H and O–H groups in total. The molecule has 2 aromatic rings. The molecule has 39 heavy (non-hydrogen) atoms. The van der Waals surface area contributed by atoms with Gasteiger partial charge in [-0.2, -0.15) is 0 Å². The second-order valence-electron chi connectivity index (χ2n) is 11.4. The number of morpholine rings is 1. The number of carbonyl (C=O) groups excluding carboxylic acids is 4. The zero-order valence-electron chi connectivity index (χ0n) is 23.2. The number of hydrogen-bond donors (Lipinski definition) is 0. The van der Waals surface area contributed by atoms with E-state index < -0.39 is 16.5 Å². The molecule has 2 unspecified atom stereocenters. The van der Waals surface area contributed by atoms with Gasteiger partial charge in [0.15, 0.2) is 0 Å². The Hall–Kier alpha value is -3.40. The Labute approximate surface area is 232 Å². The Bertz CT molecular complexity index is 1360. The van der Waals surface area contributed by atoms with Crippen molar-refractivity contribution in [2.75, 3.05) is 19.8 Å². The van der Waals surface area contributed by atoms with Crippen LogP contribution in [0.3, 0.4) is 0 Å². The quantitative estimate of drug-likeness (QED) is 0.291. The summed E-state index contributed by atoms with van der Waals surface area (Å²) < 4.78 is 11.4. The molecule has 14 heteroatoms. The summed E-state index contributed by atoms with van der Waals surface area (Å²) in [7, 11) is 8.78. The largest absolute Gasteiger partial charge is 0.489 e. The zero-order valence-corrected chi connectivity index (χ0v) is 23.2. The van der Waals surface area contributed by atoms with E-state index in [1.165, 1.54) is 7.98 Å². The van der Waals surface area contributed by atoms with Crippen LogP contribution in [0.2, 0.25) is 11.0 Å². The molecule has 2 atom stereocenters. The van der Waals surface area contributed by atoms with Gasteiger partial charge in [-0.05, 0) is 34.3 Å². The van der Waals surface area contributed by atoms with E-state index in [4.69, 9.17) is 9.47 Å². The van der Waals surface area contributed by atoms with Crippen LogP contribution in [0.15, 0.2) is 42.5 Å². The van der Waals surface area contributed by atoms with E-state index in [9.17, 15) is 19.2 Å². The van der Waals surface area contributed by atoms with E-state index in [0.717, 1.165) is 21.5 Å². The summed E-state index contributed by atoms with van der Waals surface area (Å²) in [5.74, 6) is -0.659. The molecule has 196 valence electrons. The fourth-order valence-electron chi connectivity index (χ4n) is 5.94. The maximum Gasteiger partial charge on any atom is 0.254 e. The van der Waals surface area contributed by atoms with E-state index in [1.807, 2.05) is 53.9 Å². The van der Waals surface area contributed by atoms with Crippen molar-refractivity contribution in [3.8, 4) is 5.75 Å². The molecule has 3 aliphatic rings. The van der Waals surface area contributed by atoms with Crippen molar-refractivity contribution in [1.82, 2.24) is 14.6 Å². The van der Waals surface area contributed by atoms with Crippen molar-refractivity contribution >= 4 is 63.0 Å². The van der Waals surface area contributed by atoms with Crippen LogP contribution in [0, 0.1) is 0 Å². The van der Waals surface area contributed by atoms with Gasteiger partial charge >= 0.3 is 0 Å². The Kier molecular flexibility index (Phi) is 6.95. The van der Waals surface area contributed by atoms with Crippen LogP contribution in [-0.4, -0.2) is 103 Å². The molecular formula is C25H30B5N3O6. The van der Waals surface area contributed by atoms with Gasteiger partial charge < -0.3 is 24.1 Å². The number of benzene rings is 2. The summed E-state index contributed by atoms with van der Waals surface area (Å²) in [6.07, 6.45) is 0. The molecular weight excluding hydrogens is 492 g/mol. The standard InChI is InChI=1S/C25H30B5N3O6/c26-21-24(27,28)22(36)33(30)23(37)25(21,29)32-11-17-16(20(32)35)2-1-3-18(17)39-12-15-6-4-14(5-7-15)10-31-8-9-38-13-19(31)34/h1-7,21H,8-13,26-30H2. The average Bonchev–Trinajstić information content (AvgIpc) is 3.28. The third-order valence-corrected chi connectivity index (χ3v) is 8.88. The van der Waals surface area contributed by atoms with Crippen molar-refractivity contribution < 1.29 is 28.7 Å². The van der Waals surface area contributed by atoms with Gasteiger partial charge in [-0.15, -0.1) is 0 Å². The van der Waals surface area contributed by atoms with Crippen molar-refractivity contribution in [3.05, 3.63) is 64.7 Å². The molecule has 0 bridgehead atoms. The molecule has 0 saturated carbocycles. The number of rotatable bonds is 6. The van der Waals surface area contributed by atoms with Crippen molar-refractivity contribution in [3.63, 3.8) is 0 Å². The molecule has 0 spiro atoms. The van der Waals surface area contributed by atoms with Gasteiger partial charge in [0.25, 0.3) is 5.91 Å². The predicted molar refractivity (Wildman–Crippen MR) is 157 cm³/mol. The molecule has 9 nitrogen and oxygen atoms in total. The number of carbonyl (C=O) groups is 4. The molecule has 5 rings (SSSR count). The summed E-state index contributed by atoms with van der Waals surface area (Å²) in [5.41, 5.74) is 2.05. The van der Waals surface area contributed by atoms with Crippen LogP contribution in [-0.2, 0) is 38.8 Å². The van der Waals surface area contributed by atoms with Crippen LogP contribution >= 0.6 is 0 Å². The van der Waals surface area contributed by atoms with E-state index in [0.29, 0.717) is 37.6 Å². The molecule has 2 saturated heterocycles. The SMILES string of the molecule is BC1C(B)(B)C(=O)N(B)C(=O)C1(B)N1Cc2c(OCc3ccc(CN4CCOCC4=O)cc3)cccc2C1=O. The number of hydrogen-bond acceptors (Lipinski definition) is 6. The third-order valence-electron chi connectivity index (χ3n) is 8.88. The van der Waals surface area contributed by atoms with Crippen LogP contribution in [0.5, 0.6) is 5.75 Å². The van der Waals surface area contributed by atoms with Gasteiger partial charge in [0, 0.05) is 24.2 Å². The van der Waals surface area contributed by atoms with Crippen LogP contribution in [0.1, 0.15) is 27.0 Å². The Morgan fingerprint density at radius 1 is 0.974 bits per heavy atom. The molecule has 0 aromatic heterocycles. The second kappa shape index (κ2) is 9.97. The first-order valence-electron chi connectivity index (χ1n) is 13.3. The highest BCUT2D eigenvalue weighted by atomic mass is 16.5. The fraction of sp³-hybridized carbons (Fsp3) is 0.360. The minimum atomic E-state index is -1.18. The van der Waals surface area contributed by atoms with Gasteiger partial charge in [0.1, 0.15) is 50.3 Å². The predicted octanol–water partition coefficient (Wildman–Crippen LogP) is -3.37. The van der Waals surface area contributed by atoms with Gasteiger partial charge in [0.05, 0.1) is 18.6 Å². The van der Waals surface area contributed by atoms with Crippen molar-refractivity contribution in [2.24, 2.45) is 0 Å². The molecule has 0 radical (unpaired) electrons. The summed E-state index contributed by atoms with van der Waals surface area (Å²) in [6.45, 7) is 2.34. The topological polar surface area (TPSA) is 96.5 Å². The second-order valence-corrected chi connectivity index (χ2v) is 11.4.